The van der Waals surface area contributed by atoms with Crippen LogP contribution in [-0.2, 0) is 14.8 Å². The van der Waals surface area contributed by atoms with Crippen LogP contribution in [0.5, 0.6) is 0 Å². The van der Waals surface area contributed by atoms with Crippen molar-refractivity contribution in [1.82, 2.24) is 15.4 Å². The fourth-order valence-corrected chi connectivity index (χ4v) is 1.90. The molecule has 0 aromatic carbocycles. The number of carbonyl (C=O) groups excluding carboxylic acids is 1. The van der Waals surface area contributed by atoms with Crippen LogP contribution < -0.4 is 15.4 Å². The van der Waals surface area contributed by atoms with Crippen molar-refractivity contribution in [3.05, 3.63) is 0 Å². The van der Waals surface area contributed by atoms with Crippen LogP contribution in [0.1, 0.15) is 33.1 Å². The highest BCUT2D eigenvalue weighted by atomic mass is 32.2. The molecule has 0 spiro atoms. The lowest BCUT2D eigenvalue weighted by Crippen LogP contribution is -2.48. The molecule has 0 aromatic heterocycles. The Morgan fingerprint density at radius 3 is 2.30 bits per heavy atom. The minimum absolute atomic E-state index is 0.0223. The number of sulfonamides is 1. The van der Waals surface area contributed by atoms with Crippen molar-refractivity contribution >= 4 is 22.0 Å². The first-order chi connectivity index (χ1) is 9.02. The first-order valence-electron chi connectivity index (χ1n) is 6.24. The highest BCUT2D eigenvalue weighted by molar-refractivity contribution is 7.88. The Balaban J connectivity index is 3.85. The zero-order valence-electron chi connectivity index (χ0n) is 12.0. The Morgan fingerprint density at radius 1 is 1.20 bits per heavy atom. The van der Waals surface area contributed by atoms with E-state index in [4.69, 9.17) is 5.11 Å². The van der Waals surface area contributed by atoms with Gasteiger partial charge in [-0.05, 0) is 26.7 Å². The van der Waals surface area contributed by atoms with E-state index in [1.165, 1.54) is 0 Å². The topological polar surface area (TPSA) is 125 Å². The molecule has 9 heteroatoms. The van der Waals surface area contributed by atoms with Crippen molar-refractivity contribution in [2.75, 3.05) is 19.3 Å². The first-order valence-corrected chi connectivity index (χ1v) is 8.13. The number of hydrogen-bond donors (Lipinski definition) is 4. The third-order valence-electron chi connectivity index (χ3n) is 2.42. The van der Waals surface area contributed by atoms with E-state index >= 15 is 0 Å². The number of amides is 2. The van der Waals surface area contributed by atoms with Gasteiger partial charge in [-0.2, -0.15) is 0 Å². The summed E-state index contributed by atoms with van der Waals surface area (Å²) in [4.78, 5) is 22.0. The molecule has 20 heavy (non-hydrogen) atoms. The van der Waals surface area contributed by atoms with Crippen LogP contribution >= 0.6 is 0 Å². The summed E-state index contributed by atoms with van der Waals surface area (Å²) in [6.45, 7) is 4.05. The van der Waals surface area contributed by atoms with Gasteiger partial charge in [0, 0.05) is 25.0 Å². The monoisotopic (exact) mass is 309 g/mol. The van der Waals surface area contributed by atoms with E-state index in [1.807, 2.05) is 0 Å². The normalized spacial score (nSPS) is 11.9. The fraction of sp³-hybridized carbons (Fsp3) is 0.818. The van der Waals surface area contributed by atoms with Crippen LogP contribution in [0.25, 0.3) is 0 Å². The third kappa shape index (κ3) is 11.7. The number of urea groups is 1. The molecular weight excluding hydrogens is 286 g/mol. The zero-order chi connectivity index (χ0) is 15.8. The van der Waals surface area contributed by atoms with Gasteiger partial charge in [-0.3, -0.25) is 4.79 Å². The standard InChI is InChI=1S/C11H23N3O5S/c1-11(2,6-5-9(15)16)14-10(17)12-7-4-8-13-20(3,18)19/h13H,4-8H2,1-3H3,(H,15,16)(H2,12,14,17). The lowest BCUT2D eigenvalue weighted by molar-refractivity contribution is -0.137. The van der Waals surface area contributed by atoms with Crippen LogP contribution in [0.4, 0.5) is 4.79 Å². The van der Waals surface area contributed by atoms with Crippen molar-refractivity contribution in [2.24, 2.45) is 0 Å². The highest BCUT2D eigenvalue weighted by Gasteiger charge is 2.21. The Morgan fingerprint density at radius 2 is 1.80 bits per heavy atom. The summed E-state index contributed by atoms with van der Waals surface area (Å²) in [6, 6.07) is -0.403. The maximum atomic E-state index is 11.6. The number of carboxylic acids is 1. The van der Waals surface area contributed by atoms with E-state index in [1.54, 1.807) is 13.8 Å². The molecule has 2 amide bonds. The Labute approximate surface area is 119 Å². The van der Waals surface area contributed by atoms with E-state index < -0.39 is 27.6 Å². The Hall–Kier alpha value is -1.35. The minimum atomic E-state index is -3.20. The molecule has 0 rings (SSSR count). The number of aliphatic carboxylic acids is 1. The first kappa shape index (κ1) is 18.7. The average Bonchev–Trinajstić information content (AvgIpc) is 2.24. The molecule has 8 nitrogen and oxygen atoms in total. The smallest absolute Gasteiger partial charge is 0.315 e. The van der Waals surface area contributed by atoms with Crippen LogP contribution in [0.3, 0.4) is 0 Å². The van der Waals surface area contributed by atoms with Gasteiger partial charge in [0.1, 0.15) is 0 Å². The van der Waals surface area contributed by atoms with Crippen LogP contribution in [0, 0.1) is 0 Å². The number of carboxylic acid groups (broad SMARTS) is 1. The molecule has 0 aliphatic carbocycles. The lowest BCUT2D eigenvalue weighted by Gasteiger charge is -2.25. The van der Waals surface area contributed by atoms with Crippen LogP contribution in [0.2, 0.25) is 0 Å². The molecule has 118 valence electrons. The molecule has 0 saturated carbocycles. The second-order valence-electron chi connectivity index (χ2n) is 5.18. The number of carbonyl (C=O) groups is 2. The SMILES string of the molecule is CC(C)(CCC(=O)O)NC(=O)NCCCNS(C)(=O)=O. The molecule has 4 N–H and O–H groups in total. The van der Waals surface area contributed by atoms with Gasteiger partial charge >= 0.3 is 12.0 Å². The van der Waals surface area contributed by atoms with Crippen molar-refractivity contribution in [3.8, 4) is 0 Å². The Kier molecular flexibility index (Phi) is 7.51. The largest absolute Gasteiger partial charge is 0.481 e. The molecule has 0 atom stereocenters. The van der Waals surface area contributed by atoms with Crippen molar-refractivity contribution < 1.29 is 23.1 Å². The maximum Gasteiger partial charge on any atom is 0.315 e. The molecule has 0 heterocycles. The zero-order valence-corrected chi connectivity index (χ0v) is 12.8. The second-order valence-corrected chi connectivity index (χ2v) is 7.01. The van der Waals surface area contributed by atoms with E-state index in [0.717, 1.165) is 6.26 Å². The van der Waals surface area contributed by atoms with Gasteiger partial charge in [-0.1, -0.05) is 0 Å². The summed E-state index contributed by atoms with van der Waals surface area (Å²) >= 11 is 0. The quantitative estimate of drug-likeness (QED) is 0.442. The average molecular weight is 309 g/mol. The van der Waals surface area contributed by atoms with E-state index in [9.17, 15) is 18.0 Å². The van der Waals surface area contributed by atoms with Crippen molar-refractivity contribution in [2.45, 2.75) is 38.6 Å². The predicted molar refractivity (Wildman–Crippen MR) is 74.9 cm³/mol. The maximum absolute atomic E-state index is 11.6. The molecule has 0 fully saturated rings. The van der Waals surface area contributed by atoms with E-state index in [0.29, 0.717) is 19.4 Å². The van der Waals surface area contributed by atoms with Gasteiger partial charge in [0.25, 0.3) is 0 Å². The minimum Gasteiger partial charge on any atom is -0.481 e. The van der Waals surface area contributed by atoms with Crippen molar-refractivity contribution in [3.63, 3.8) is 0 Å². The van der Waals surface area contributed by atoms with Crippen LogP contribution in [0.15, 0.2) is 0 Å². The summed E-state index contributed by atoms with van der Waals surface area (Å²) in [5.41, 5.74) is -0.618. The molecular formula is C11H23N3O5S. The van der Waals surface area contributed by atoms with Crippen LogP contribution in [-0.4, -0.2) is 50.4 Å². The summed E-state index contributed by atoms with van der Waals surface area (Å²) < 4.78 is 23.9. The van der Waals surface area contributed by atoms with E-state index in [-0.39, 0.29) is 13.0 Å². The molecule has 0 saturated heterocycles. The molecule has 0 bridgehead atoms. The summed E-state index contributed by atoms with van der Waals surface area (Å²) in [5.74, 6) is -0.910. The molecule has 0 aliphatic rings. The number of hydrogen-bond acceptors (Lipinski definition) is 4. The molecule has 0 unspecified atom stereocenters. The van der Waals surface area contributed by atoms with Gasteiger partial charge in [0.2, 0.25) is 10.0 Å². The Bertz CT molecular complexity index is 433. The summed E-state index contributed by atoms with van der Waals surface area (Å²) in [6.07, 6.45) is 1.84. The summed E-state index contributed by atoms with van der Waals surface area (Å²) in [5, 5.41) is 13.8. The fourth-order valence-electron chi connectivity index (χ4n) is 1.38. The van der Waals surface area contributed by atoms with Gasteiger partial charge in [0.05, 0.1) is 6.26 Å². The third-order valence-corrected chi connectivity index (χ3v) is 3.15. The molecule has 0 aromatic rings. The summed E-state index contributed by atoms with van der Waals surface area (Å²) in [7, 11) is -3.20. The number of rotatable bonds is 9. The van der Waals surface area contributed by atoms with Gasteiger partial charge in [0.15, 0.2) is 0 Å². The second kappa shape index (κ2) is 8.05. The van der Waals surface area contributed by atoms with Gasteiger partial charge in [-0.25, -0.2) is 17.9 Å². The lowest BCUT2D eigenvalue weighted by atomic mass is 9.99. The number of nitrogens with one attached hydrogen (secondary N) is 3. The molecule has 0 radical (unpaired) electrons. The van der Waals surface area contributed by atoms with Gasteiger partial charge < -0.3 is 15.7 Å². The molecule has 0 aliphatic heterocycles. The van der Waals surface area contributed by atoms with Gasteiger partial charge in [-0.15, -0.1) is 0 Å². The van der Waals surface area contributed by atoms with E-state index in [2.05, 4.69) is 15.4 Å². The van der Waals surface area contributed by atoms with Crippen molar-refractivity contribution in [1.29, 1.82) is 0 Å². The predicted octanol–water partition coefficient (Wildman–Crippen LogP) is -0.132. The highest BCUT2D eigenvalue weighted by Crippen LogP contribution is 2.10.